The van der Waals surface area contributed by atoms with Gasteiger partial charge in [-0.3, -0.25) is 0 Å². The highest BCUT2D eigenvalue weighted by Crippen LogP contribution is 2.08. The number of carboxylic acids is 1. The van der Waals surface area contributed by atoms with Gasteiger partial charge in [-0.25, -0.2) is 4.79 Å². The van der Waals surface area contributed by atoms with Crippen molar-refractivity contribution in [2.24, 2.45) is 0 Å². The summed E-state index contributed by atoms with van der Waals surface area (Å²) < 4.78 is 0. The lowest BCUT2D eigenvalue weighted by atomic mass is 10.1. The number of aromatic carboxylic acids is 1. The SMILES string of the molecule is CC(O)CNCc1ccccc1C(=O)O.Cl. The van der Waals surface area contributed by atoms with Crippen molar-refractivity contribution in [3.63, 3.8) is 0 Å². The van der Waals surface area contributed by atoms with E-state index in [4.69, 9.17) is 10.2 Å². The Balaban J connectivity index is 0.00000225. The van der Waals surface area contributed by atoms with Gasteiger partial charge in [0.25, 0.3) is 0 Å². The zero-order valence-electron chi connectivity index (χ0n) is 9.01. The third-order valence-corrected chi connectivity index (χ3v) is 2.00. The van der Waals surface area contributed by atoms with Crippen LogP contribution in [0.15, 0.2) is 24.3 Å². The Morgan fingerprint density at radius 3 is 2.62 bits per heavy atom. The number of aliphatic hydroxyl groups excluding tert-OH is 1. The van der Waals surface area contributed by atoms with Crippen LogP contribution in [0, 0.1) is 0 Å². The molecule has 0 bridgehead atoms. The molecule has 5 heteroatoms. The molecule has 4 nitrogen and oxygen atoms in total. The van der Waals surface area contributed by atoms with Crippen LogP contribution < -0.4 is 5.32 Å². The Bertz CT molecular complexity index is 342. The van der Waals surface area contributed by atoms with Gasteiger partial charge in [0, 0.05) is 13.1 Å². The highest BCUT2D eigenvalue weighted by molar-refractivity contribution is 5.89. The first-order chi connectivity index (χ1) is 7.11. The van der Waals surface area contributed by atoms with Gasteiger partial charge in [-0.1, -0.05) is 18.2 Å². The summed E-state index contributed by atoms with van der Waals surface area (Å²) in [6.07, 6.45) is -0.429. The Hall–Kier alpha value is -1.10. The van der Waals surface area contributed by atoms with E-state index in [1.54, 1.807) is 31.2 Å². The summed E-state index contributed by atoms with van der Waals surface area (Å²) in [6, 6.07) is 6.83. The zero-order chi connectivity index (χ0) is 11.3. The van der Waals surface area contributed by atoms with Crippen molar-refractivity contribution in [3.8, 4) is 0 Å². The van der Waals surface area contributed by atoms with Gasteiger partial charge >= 0.3 is 5.97 Å². The molecule has 0 heterocycles. The molecule has 0 aromatic heterocycles. The van der Waals surface area contributed by atoms with E-state index in [-0.39, 0.29) is 12.4 Å². The molecule has 0 aliphatic rings. The second-order valence-electron chi connectivity index (χ2n) is 3.44. The minimum atomic E-state index is -0.926. The van der Waals surface area contributed by atoms with Crippen molar-refractivity contribution < 1.29 is 15.0 Å². The fourth-order valence-electron chi connectivity index (χ4n) is 1.30. The van der Waals surface area contributed by atoms with Crippen molar-refractivity contribution in [1.82, 2.24) is 5.32 Å². The molecule has 0 amide bonds. The van der Waals surface area contributed by atoms with Crippen LogP contribution in [0.2, 0.25) is 0 Å². The average molecular weight is 246 g/mol. The summed E-state index contributed by atoms with van der Waals surface area (Å²) in [7, 11) is 0. The molecular weight excluding hydrogens is 230 g/mol. The Morgan fingerprint density at radius 2 is 2.06 bits per heavy atom. The second kappa shape index (κ2) is 7.22. The van der Waals surface area contributed by atoms with Crippen LogP contribution in [0.25, 0.3) is 0 Å². The van der Waals surface area contributed by atoms with Gasteiger partial charge in [-0.2, -0.15) is 0 Å². The van der Waals surface area contributed by atoms with E-state index in [1.807, 2.05) is 0 Å². The topological polar surface area (TPSA) is 69.6 Å². The molecule has 1 rings (SSSR count). The van der Waals surface area contributed by atoms with Crippen molar-refractivity contribution in [1.29, 1.82) is 0 Å². The first-order valence-corrected chi connectivity index (χ1v) is 4.81. The van der Waals surface area contributed by atoms with Crippen LogP contribution in [0.4, 0.5) is 0 Å². The monoisotopic (exact) mass is 245 g/mol. The van der Waals surface area contributed by atoms with Gasteiger partial charge in [0.15, 0.2) is 0 Å². The number of hydrogen-bond acceptors (Lipinski definition) is 3. The van der Waals surface area contributed by atoms with E-state index in [2.05, 4.69) is 5.32 Å². The maximum Gasteiger partial charge on any atom is 0.336 e. The smallest absolute Gasteiger partial charge is 0.336 e. The molecule has 0 aliphatic carbocycles. The molecule has 90 valence electrons. The molecule has 1 aromatic rings. The summed E-state index contributed by atoms with van der Waals surface area (Å²) in [4.78, 5) is 10.8. The fraction of sp³-hybridized carbons (Fsp3) is 0.364. The van der Waals surface area contributed by atoms with Crippen LogP contribution in [-0.2, 0) is 6.54 Å². The van der Waals surface area contributed by atoms with Crippen LogP contribution >= 0.6 is 12.4 Å². The van der Waals surface area contributed by atoms with Gasteiger partial charge < -0.3 is 15.5 Å². The molecule has 16 heavy (non-hydrogen) atoms. The largest absolute Gasteiger partial charge is 0.478 e. The van der Waals surface area contributed by atoms with E-state index in [1.165, 1.54) is 0 Å². The molecule has 0 fully saturated rings. The molecule has 0 aliphatic heterocycles. The summed E-state index contributed by atoms with van der Waals surface area (Å²) in [6.45, 7) is 2.58. The van der Waals surface area contributed by atoms with E-state index < -0.39 is 12.1 Å². The van der Waals surface area contributed by atoms with Crippen LogP contribution in [0.1, 0.15) is 22.8 Å². The van der Waals surface area contributed by atoms with Gasteiger partial charge in [0.05, 0.1) is 11.7 Å². The number of benzene rings is 1. The van der Waals surface area contributed by atoms with E-state index in [0.29, 0.717) is 18.7 Å². The normalized spacial score (nSPS) is 11.6. The number of aliphatic hydroxyl groups is 1. The summed E-state index contributed by atoms with van der Waals surface area (Å²) in [5.74, 6) is -0.926. The summed E-state index contributed by atoms with van der Waals surface area (Å²) >= 11 is 0. The Kier molecular flexibility index (Phi) is 6.72. The predicted octanol–water partition coefficient (Wildman–Crippen LogP) is 1.28. The summed E-state index contributed by atoms with van der Waals surface area (Å²) in [5, 5.41) is 20.9. The second-order valence-corrected chi connectivity index (χ2v) is 3.44. The van der Waals surface area contributed by atoms with Crippen molar-refractivity contribution >= 4 is 18.4 Å². The maximum atomic E-state index is 10.8. The predicted molar refractivity (Wildman–Crippen MR) is 64.0 cm³/mol. The lowest BCUT2D eigenvalue weighted by Crippen LogP contribution is -2.24. The highest BCUT2D eigenvalue weighted by atomic mass is 35.5. The fourth-order valence-corrected chi connectivity index (χ4v) is 1.30. The molecule has 1 aromatic carbocycles. The number of carboxylic acid groups (broad SMARTS) is 1. The first kappa shape index (κ1) is 14.9. The third kappa shape index (κ3) is 4.61. The van der Waals surface area contributed by atoms with E-state index in [9.17, 15) is 4.79 Å². The van der Waals surface area contributed by atoms with Crippen LogP contribution in [0.5, 0.6) is 0 Å². The van der Waals surface area contributed by atoms with Crippen molar-refractivity contribution in [3.05, 3.63) is 35.4 Å². The van der Waals surface area contributed by atoms with Crippen molar-refractivity contribution in [2.75, 3.05) is 6.54 Å². The number of nitrogens with one attached hydrogen (secondary N) is 1. The molecule has 0 saturated heterocycles. The van der Waals surface area contributed by atoms with Crippen LogP contribution in [-0.4, -0.2) is 28.8 Å². The number of rotatable bonds is 5. The van der Waals surface area contributed by atoms with Crippen molar-refractivity contribution in [2.45, 2.75) is 19.6 Å². The van der Waals surface area contributed by atoms with Gasteiger partial charge in [0.2, 0.25) is 0 Å². The zero-order valence-corrected chi connectivity index (χ0v) is 9.83. The lowest BCUT2D eigenvalue weighted by molar-refractivity contribution is 0.0695. The number of hydrogen-bond donors (Lipinski definition) is 3. The molecule has 1 atom stereocenters. The molecule has 3 N–H and O–H groups in total. The summed E-state index contributed by atoms with van der Waals surface area (Å²) in [5.41, 5.74) is 1.03. The standard InChI is InChI=1S/C11H15NO3.ClH/c1-8(13)6-12-7-9-4-2-3-5-10(9)11(14)15;/h2-5,8,12-13H,6-7H2,1H3,(H,14,15);1H. The van der Waals surface area contributed by atoms with E-state index in [0.717, 1.165) is 5.56 Å². The number of halogens is 1. The molecule has 0 radical (unpaired) electrons. The number of carbonyl (C=O) groups is 1. The van der Waals surface area contributed by atoms with Crippen LogP contribution in [0.3, 0.4) is 0 Å². The molecule has 0 spiro atoms. The van der Waals surface area contributed by atoms with E-state index >= 15 is 0 Å². The third-order valence-electron chi connectivity index (χ3n) is 2.00. The Labute approximate surface area is 101 Å². The van der Waals surface area contributed by atoms with Gasteiger partial charge in [-0.05, 0) is 18.6 Å². The minimum Gasteiger partial charge on any atom is -0.478 e. The average Bonchev–Trinajstić information content (AvgIpc) is 2.17. The maximum absolute atomic E-state index is 10.8. The van der Waals surface area contributed by atoms with Gasteiger partial charge in [0.1, 0.15) is 0 Å². The Morgan fingerprint density at radius 1 is 1.44 bits per heavy atom. The molecular formula is C11H16ClNO3. The first-order valence-electron chi connectivity index (χ1n) is 4.81. The highest BCUT2D eigenvalue weighted by Gasteiger charge is 2.08. The van der Waals surface area contributed by atoms with Gasteiger partial charge in [-0.15, -0.1) is 12.4 Å². The molecule has 1 unspecified atom stereocenters. The quantitative estimate of drug-likeness (QED) is 0.731. The lowest BCUT2D eigenvalue weighted by Gasteiger charge is -2.08. The molecule has 0 saturated carbocycles. The minimum absolute atomic E-state index is 0.